The van der Waals surface area contributed by atoms with Crippen LogP contribution in [0.15, 0.2) is 0 Å². The normalized spacial score (nSPS) is 37.1. The summed E-state index contributed by atoms with van der Waals surface area (Å²) in [6.45, 7) is 0.860. The van der Waals surface area contributed by atoms with E-state index in [-0.39, 0.29) is 11.5 Å². The maximum Gasteiger partial charge on any atom is 0.224 e. The van der Waals surface area contributed by atoms with Crippen molar-refractivity contribution in [2.75, 3.05) is 6.54 Å². The van der Waals surface area contributed by atoms with Crippen molar-refractivity contribution in [3.8, 4) is 0 Å². The van der Waals surface area contributed by atoms with Gasteiger partial charge < -0.3 is 10.6 Å². The number of nitrogens with one attached hydrogen (secondary N) is 2. The lowest BCUT2D eigenvalue weighted by Crippen LogP contribution is -2.55. The highest BCUT2D eigenvalue weighted by molar-refractivity contribution is 5.80. The second-order valence-corrected chi connectivity index (χ2v) is 6.20. The third kappa shape index (κ3) is 2.22. The third-order valence-electron chi connectivity index (χ3n) is 5.01. The number of hydrogen-bond acceptors (Lipinski definition) is 2. The van der Waals surface area contributed by atoms with Gasteiger partial charge in [-0.25, -0.2) is 0 Å². The first-order chi connectivity index (χ1) is 8.29. The van der Waals surface area contributed by atoms with E-state index in [0.29, 0.717) is 11.9 Å². The first-order valence-electron chi connectivity index (χ1n) is 7.35. The van der Waals surface area contributed by atoms with Crippen LogP contribution in [0.2, 0.25) is 0 Å². The summed E-state index contributed by atoms with van der Waals surface area (Å²) in [6, 6.07) is 0.448. The van der Waals surface area contributed by atoms with E-state index in [9.17, 15) is 4.79 Å². The van der Waals surface area contributed by atoms with Crippen molar-refractivity contribution in [1.29, 1.82) is 0 Å². The number of fused-ring (bicyclic) bond motifs is 1. The van der Waals surface area contributed by atoms with Crippen LogP contribution in [-0.2, 0) is 4.79 Å². The van der Waals surface area contributed by atoms with E-state index in [4.69, 9.17) is 0 Å². The Bertz CT molecular complexity index is 297. The Balaban J connectivity index is 1.78. The number of carbonyl (C=O) groups excluding carboxylic acids is 1. The Kier molecular flexibility index (Phi) is 3.12. The van der Waals surface area contributed by atoms with Crippen molar-refractivity contribution in [2.24, 2.45) is 5.92 Å². The smallest absolute Gasteiger partial charge is 0.224 e. The van der Waals surface area contributed by atoms with Crippen molar-refractivity contribution < 1.29 is 4.79 Å². The summed E-state index contributed by atoms with van der Waals surface area (Å²) in [5, 5.41) is 7.08. The first kappa shape index (κ1) is 11.5. The zero-order valence-corrected chi connectivity index (χ0v) is 10.6. The summed E-state index contributed by atoms with van der Waals surface area (Å²) in [4.78, 5) is 12.1. The fourth-order valence-electron chi connectivity index (χ4n) is 4.00. The third-order valence-corrected chi connectivity index (χ3v) is 5.01. The zero-order chi connectivity index (χ0) is 11.7. The summed E-state index contributed by atoms with van der Waals surface area (Å²) in [6.07, 6.45) is 11.3. The molecule has 3 aliphatic rings. The molecule has 96 valence electrons. The molecule has 1 aliphatic heterocycles. The minimum absolute atomic E-state index is 0.227. The molecule has 2 N–H and O–H groups in total. The lowest BCUT2D eigenvalue weighted by molar-refractivity contribution is -0.126. The van der Waals surface area contributed by atoms with Crippen LogP contribution in [0.4, 0.5) is 0 Å². The molecule has 17 heavy (non-hydrogen) atoms. The Morgan fingerprint density at radius 2 is 1.76 bits per heavy atom. The van der Waals surface area contributed by atoms with Crippen LogP contribution in [0.5, 0.6) is 0 Å². The number of amides is 1. The quantitative estimate of drug-likeness (QED) is 0.675. The van der Waals surface area contributed by atoms with Gasteiger partial charge in [0, 0.05) is 18.1 Å². The van der Waals surface area contributed by atoms with E-state index < -0.39 is 0 Å². The summed E-state index contributed by atoms with van der Waals surface area (Å²) in [5.74, 6) is 0.551. The highest BCUT2D eigenvalue weighted by Gasteiger charge is 2.42. The first-order valence-corrected chi connectivity index (χ1v) is 7.35. The van der Waals surface area contributed by atoms with Gasteiger partial charge in [-0.2, -0.15) is 0 Å². The Morgan fingerprint density at radius 1 is 1.00 bits per heavy atom. The molecule has 1 spiro atoms. The van der Waals surface area contributed by atoms with Crippen molar-refractivity contribution in [3.05, 3.63) is 0 Å². The van der Waals surface area contributed by atoms with Crippen LogP contribution in [0, 0.1) is 5.92 Å². The summed E-state index contributed by atoms with van der Waals surface area (Å²) in [7, 11) is 0. The van der Waals surface area contributed by atoms with E-state index in [1.165, 1.54) is 51.4 Å². The van der Waals surface area contributed by atoms with Gasteiger partial charge in [0.2, 0.25) is 5.91 Å². The molecular formula is C14H24N2O. The predicted molar refractivity (Wildman–Crippen MR) is 67.7 cm³/mol. The van der Waals surface area contributed by atoms with Gasteiger partial charge in [-0.3, -0.25) is 4.79 Å². The molecule has 1 heterocycles. The van der Waals surface area contributed by atoms with Crippen LogP contribution in [0.25, 0.3) is 0 Å². The molecule has 2 atom stereocenters. The summed E-state index contributed by atoms with van der Waals surface area (Å²) >= 11 is 0. The summed E-state index contributed by atoms with van der Waals surface area (Å²) in [5.41, 5.74) is 0.227. The molecule has 1 saturated heterocycles. The topological polar surface area (TPSA) is 41.1 Å². The average molecular weight is 236 g/mol. The molecule has 2 saturated carbocycles. The second-order valence-electron chi connectivity index (χ2n) is 6.20. The molecule has 2 aliphatic carbocycles. The van der Waals surface area contributed by atoms with E-state index in [1.807, 2.05) is 0 Å². The monoisotopic (exact) mass is 236 g/mol. The molecule has 2 unspecified atom stereocenters. The lowest BCUT2D eigenvalue weighted by atomic mass is 9.79. The fourth-order valence-corrected chi connectivity index (χ4v) is 4.00. The minimum Gasteiger partial charge on any atom is -0.354 e. The van der Waals surface area contributed by atoms with Crippen LogP contribution in [0.1, 0.15) is 57.8 Å². The molecule has 3 fully saturated rings. The second kappa shape index (κ2) is 4.60. The Labute approximate surface area is 104 Å². The molecule has 0 aromatic heterocycles. The van der Waals surface area contributed by atoms with Gasteiger partial charge in [-0.05, 0) is 25.7 Å². The van der Waals surface area contributed by atoms with Crippen LogP contribution < -0.4 is 10.6 Å². The van der Waals surface area contributed by atoms with Crippen molar-refractivity contribution in [1.82, 2.24) is 10.6 Å². The molecule has 0 bridgehead atoms. The Hall–Kier alpha value is -0.570. The van der Waals surface area contributed by atoms with Gasteiger partial charge in [0.25, 0.3) is 0 Å². The van der Waals surface area contributed by atoms with Crippen molar-refractivity contribution in [2.45, 2.75) is 69.4 Å². The van der Waals surface area contributed by atoms with E-state index in [0.717, 1.165) is 13.0 Å². The maximum absolute atomic E-state index is 12.1. The predicted octanol–water partition coefficient (Wildman–Crippen LogP) is 1.97. The van der Waals surface area contributed by atoms with Crippen molar-refractivity contribution >= 4 is 5.91 Å². The highest BCUT2D eigenvalue weighted by atomic mass is 16.2. The molecule has 3 nitrogen and oxygen atoms in total. The van der Waals surface area contributed by atoms with Gasteiger partial charge in [0.05, 0.1) is 5.92 Å². The molecule has 3 rings (SSSR count). The number of hydrogen-bond donors (Lipinski definition) is 2. The molecular weight excluding hydrogens is 212 g/mol. The van der Waals surface area contributed by atoms with Gasteiger partial charge in [-0.1, -0.05) is 32.1 Å². The number of carbonyl (C=O) groups is 1. The SMILES string of the molecule is O=C1NCC2(CCCCC2)NC2CCCCC12. The van der Waals surface area contributed by atoms with E-state index >= 15 is 0 Å². The van der Waals surface area contributed by atoms with E-state index in [2.05, 4.69) is 10.6 Å². The maximum atomic E-state index is 12.1. The average Bonchev–Trinajstić information content (AvgIpc) is 2.50. The number of rotatable bonds is 0. The van der Waals surface area contributed by atoms with Gasteiger partial charge >= 0.3 is 0 Å². The van der Waals surface area contributed by atoms with Gasteiger partial charge in [0.15, 0.2) is 0 Å². The molecule has 0 aromatic rings. The van der Waals surface area contributed by atoms with Crippen LogP contribution in [0.3, 0.4) is 0 Å². The largest absolute Gasteiger partial charge is 0.354 e. The molecule has 3 heteroatoms. The van der Waals surface area contributed by atoms with Gasteiger partial charge in [0.1, 0.15) is 0 Å². The molecule has 1 amide bonds. The Morgan fingerprint density at radius 3 is 2.59 bits per heavy atom. The summed E-state index contributed by atoms with van der Waals surface area (Å²) < 4.78 is 0. The molecule has 0 aromatic carbocycles. The standard InChI is InChI=1S/C14H24N2O/c17-13-11-6-2-3-7-12(11)16-14(10-15-13)8-4-1-5-9-14/h11-12,16H,1-10H2,(H,15,17). The molecule has 0 radical (unpaired) electrons. The van der Waals surface area contributed by atoms with E-state index in [1.54, 1.807) is 0 Å². The fraction of sp³-hybridized carbons (Fsp3) is 0.929. The van der Waals surface area contributed by atoms with Crippen LogP contribution >= 0.6 is 0 Å². The van der Waals surface area contributed by atoms with Gasteiger partial charge in [-0.15, -0.1) is 0 Å². The highest BCUT2D eigenvalue weighted by Crippen LogP contribution is 2.34. The minimum atomic E-state index is 0.227. The zero-order valence-electron chi connectivity index (χ0n) is 10.6. The van der Waals surface area contributed by atoms with Crippen LogP contribution in [-0.4, -0.2) is 24.0 Å². The lowest BCUT2D eigenvalue weighted by Gasteiger charge is -2.41. The van der Waals surface area contributed by atoms with Crippen molar-refractivity contribution in [3.63, 3.8) is 0 Å².